The number of halogens is 2. The smallest absolute Gasteiger partial charge is 0.128 e. The van der Waals surface area contributed by atoms with Crippen LogP contribution in [0.15, 0.2) is 18.2 Å². The summed E-state index contributed by atoms with van der Waals surface area (Å²) < 4.78 is 13.1. The van der Waals surface area contributed by atoms with Crippen molar-refractivity contribution in [1.82, 2.24) is 0 Å². The molecular weight excluding hydrogens is 191 g/mol. The Morgan fingerprint density at radius 1 is 1.62 bits per heavy atom. The Morgan fingerprint density at radius 3 is 2.92 bits per heavy atom. The molecule has 0 aliphatic rings. The average molecular weight is 199 g/mol. The predicted octanol–water partition coefficient (Wildman–Crippen LogP) is 2.39. The van der Waals surface area contributed by atoms with E-state index in [-0.39, 0.29) is 12.0 Å². The molecule has 68 valence electrons. The first-order valence-electron chi connectivity index (χ1n) is 3.72. The molecule has 1 atom stereocenters. The van der Waals surface area contributed by atoms with Gasteiger partial charge in [-0.3, -0.25) is 0 Å². The van der Waals surface area contributed by atoms with Gasteiger partial charge in [0.25, 0.3) is 0 Å². The van der Waals surface area contributed by atoms with Gasteiger partial charge >= 0.3 is 0 Å². The molecule has 1 aromatic rings. The van der Waals surface area contributed by atoms with E-state index in [1.807, 2.05) is 6.07 Å². The summed E-state index contributed by atoms with van der Waals surface area (Å²) >= 11 is 5.66. The van der Waals surface area contributed by atoms with Crippen LogP contribution in [0.25, 0.3) is 0 Å². The molecular formula is C9H8ClFN2. The molecule has 0 aliphatic carbocycles. The lowest BCUT2D eigenvalue weighted by Crippen LogP contribution is -2.11. The third kappa shape index (κ3) is 2.41. The number of rotatable bonds is 2. The minimum atomic E-state index is -0.608. The molecule has 0 heterocycles. The van der Waals surface area contributed by atoms with E-state index in [0.29, 0.717) is 5.02 Å². The van der Waals surface area contributed by atoms with Crippen LogP contribution in [0.4, 0.5) is 4.39 Å². The highest BCUT2D eigenvalue weighted by atomic mass is 35.5. The molecule has 2 nitrogen and oxygen atoms in total. The maximum Gasteiger partial charge on any atom is 0.128 e. The summed E-state index contributed by atoms with van der Waals surface area (Å²) in [7, 11) is 0. The van der Waals surface area contributed by atoms with Crippen LogP contribution >= 0.6 is 11.6 Å². The Balaban J connectivity index is 3.00. The minimum absolute atomic E-state index is 0.0806. The van der Waals surface area contributed by atoms with E-state index in [1.54, 1.807) is 0 Å². The zero-order valence-electron chi connectivity index (χ0n) is 6.80. The first-order valence-corrected chi connectivity index (χ1v) is 4.10. The van der Waals surface area contributed by atoms with Crippen molar-refractivity contribution in [2.75, 3.05) is 0 Å². The summed E-state index contributed by atoms with van der Waals surface area (Å²) in [5.74, 6) is -0.424. The van der Waals surface area contributed by atoms with Crippen LogP contribution in [0.5, 0.6) is 0 Å². The van der Waals surface area contributed by atoms with E-state index < -0.39 is 11.9 Å². The minimum Gasteiger partial charge on any atom is -0.323 e. The fraction of sp³-hybridized carbons (Fsp3) is 0.222. The lowest BCUT2D eigenvalue weighted by atomic mass is 10.1. The van der Waals surface area contributed by atoms with Crippen molar-refractivity contribution in [3.05, 3.63) is 34.6 Å². The molecule has 0 saturated heterocycles. The van der Waals surface area contributed by atoms with Crippen LogP contribution in [0, 0.1) is 17.1 Å². The van der Waals surface area contributed by atoms with Crippen LogP contribution < -0.4 is 5.73 Å². The Hall–Kier alpha value is -1.11. The van der Waals surface area contributed by atoms with Crippen LogP contribution in [0.2, 0.25) is 5.02 Å². The Morgan fingerprint density at radius 2 is 2.31 bits per heavy atom. The molecule has 1 aromatic carbocycles. The van der Waals surface area contributed by atoms with Gasteiger partial charge in [-0.15, -0.1) is 0 Å². The Labute approximate surface area is 80.7 Å². The average Bonchev–Trinajstić information content (AvgIpc) is 2.09. The lowest BCUT2D eigenvalue weighted by molar-refractivity contribution is 0.585. The van der Waals surface area contributed by atoms with E-state index in [9.17, 15) is 4.39 Å². The van der Waals surface area contributed by atoms with Gasteiger partial charge in [0.05, 0.1) is 12.5 Å². The Bertz CT molecular complexity index is 346. The first kappa shape index (κ1) is 9.97. The molecule has 0 bridgehead atoms. The second-order valence-corrected chi connectivity index (χ2v) is 3.07. The largest absolute Gasteiger partial charge is 0.323 e. The highest BCUT2D eigenvalue weighted by Gasteiger charge is 2.10. The molecule has 1 rings (SSSR count). The second kappa shape index (κ2) is 4.22. The van der Waals surface area contributed by atoms with Gasteiger partial charge in [0.15, 0.2) is 0 Å². The summed E-state index contributed by atoms with van der Waals surface area (Å²) in [6.07, 6.45) is 0.0806. The van der Waals surface area contributed by atoms with Crippen molar-refractivity contribution in [3.8, 4) is 6.07 Å². The SMILES string of the molecule is N#CCC(N)c1cc(Cl)ccc1F. The third-order valence-electron chi connectivity index (χ3n) is 1.67. The second-order valence-electron chi connectivity index (χ2n) is 2.63. The van der Waals surface area contributed by atoms with Gasteiger partial charge in [0.2, 0.25) is 0 Å². The molecule has 0 aliphatic heterocycles. The van der Waals surface area contributed by atoms with Gasteiger partial charge in [-0.2, -0.15) is 5.26 Å². The van der Waals surface area contributed by atoms with Crippen molar-refractivity contribution in [2.24, 2.45) is 5.73 Å². The van der Waals surface area contributed by atoms with Crippen molar-refractivity contribution in [1.29, 1.82) is 5.26 Å². The van der Waals surface area contributed by atoms with Crippen LogP contribution in [-0.4, -0.2) is 0 Å². The summed E-state index contributed by atoms with van der Waals surface area (Å²) in [4.78, 5) is 0. The quantitative estimate of drug-likeness (QED) is 0.793. The first-order chi connectivity index (χ1) is 6.15. The zero-order valence-corrected chi connectivity index (χ0v) is 7.55. The maximum atomic E-state index is 13.1. The maximum absolute atomic E-state index is 13.1. The lowest BCUT2D eigenvalue weighted by Gasteiger charge is -2.08. The molecule has 4 heteroatoms. The fourth-order valence-electron chi connectivity index (χ4n) is 1.01. The van der Waals surface area contributed by atoms with E-state index in [4.69, 9.17) is 22.6 Å². The number of hydrogen-bond acceptors (Lipinski definition) is 2. The number of nitrogens with two attached hydrogens (primary N) is 1. The number of nitriles is 1. The topological polar surface area (TPSA) is 49.8 Å². The van der Waals surface area contributed by atoms with E-state index in [2.05, 4.69) is 0 Å². The molecule has 13 heavy (non-hydrogen) atoms. The predicted molar refractivity (Wildman–Crippen MR) is 48.6 cm³/mol. The van der Waals surface area contributed by atoms with Gasteiger partial charge in [0.1, 0.15) is 5.82 Å². The number of hydrogen-bond donors (Lipinski definition) is 1. The molecule has 0 spiro atoms. The summed E-state index contributed by atoms with van der Waals surface area (Å²) in [6, 6.07) is 5.40. The van der Waals surface area contributed by atoms with E-state index in [0.717, 1.165) is 0 Å². The van der Waals surface area contributed by atoms with E-state index >= 15 is 0 Å². The molecule has 0 radical (unpaired) electrons. The molecule has 2 N–H and O–H groups in total. The van der Waals surface area contributed by atoms with Gasteiger partial charge in [-0.1, -0.05) is 11.6 Å². The van der Waals surface area contributed by atoms with Crippen LogP contribution in [0.3, 0.4) is 0 Å². The van der Waals surface area contributed by atoms with Crippen molar-refractivity contribution < 1.29 is 4.39 Å². The number of nitrogens with zero attached hydrogens (tertiary/aromatic N) is 1. The van der Waals surface area contributed by atoms with Gasteiger partial charge in [-0.05, 0) is 18.2 Å². The summed E-state index contributed by atoms with van der Waals surface area (Å²) in [5.41, 5.74) is 5.84. The molecule has 0 aromatic heterocycles. The summed E-state index contributed by atoms with van der Waals surface area (Å²) in [5, 5.41) is 8.79. The fourth-order valence-corrected chi connectivity index (χ4v) is 1.19. The molecule has 0 amide bonds. The monoisotopic (exact) mass is 198 g/mol. The third-order valence-corrected chi connectivity index (χ3v) is 1.90. The van der Waals surface area contributed by atoms with Crippen LogP contribution in [-0.2, 0) is 0 Å². The van der Waals surface area contributed by atoms with Gasteiger partial charge in [-0.25, -0.2) is 4.39 Å². The molecule has 0 saturated carbocycles. The number of benzene rings is 1. The summed E-state index contributed by atoms with van der Waals surface area (Å²) in [6.45, 7) is 0. The molecule has 1 unspecified atom stereocenters. The van der Waals surface area contributed by atoms with Crippen molar-refractivity contribution in [3.63, 3.8) is 0 Å². The van der Waals surface area contributed by atoms with Crippen molar-refractivity contribution in [2.45, 2.75) is 12.5 Å². The van der Waals surface area contributed by atoms with Crippen LogP contribution in [0.1, 0.15) is 18.0 Å². The van der Waals surface area contributed by atoms with Gasteiger partial charge in [0, 0.05) is 16.6 Å². The Kier molecular flexibility index (Phi) is 3.24. The normalized spacial score (nSPS) is 12.2. The van der Waals surface area contributed by atoms with E-state index in [1.165, 1.54) is 18.2 Å². The van der Waals surface area contributed by atoms with Gasteiger partial charge < -0.3 is 5.73 Å². The molecule has 0 fully saturated rings. The standard InChI is InChI=1S/C9H8ClFN2/c10-6-1-2-8(11)7(5-6)9(13)3-4-12/h1-2,5,9H,3,13H2. The highest BCUT2D eigenvalue weighted by Crippen LogP contribution is 2.21. The van der Waals surface area contributed by atoms with Crippen molar-refractivity contribution >= 4 is 11.6 Å². The zero-order chi connectivity index (χ0) is 9.84. The highest BCUT2D eigenvalue weighted by molar-refractivity contribution is 6.30.